The molecule has 4 saturated carbocycles. The molecule has 4 heteroatoms. The molecule has 0 unspecified atom stereocenters. The number of rotatable bonds is 3. The van der Waals surface area contributed by atoms with Gasteiger partial charge in [-0.3, -0.25) is 9.48 Å². The van der Waals surface area contributed by atoms with E-state index < -0.39 is 5.60 Å². The molecule has 1 aromatic rings. The van der Waals surface area contributed by atoms with Crippen LogP contribution in [0.5, 0.6) is 0 Å². The van der Waals surface area contributed by atoms with Gasteiger partial charge in [0.2, 0.25) is 0 Å². The van der Waals surface area contributed by atoms with Gasteiger partial charge >= 0.3 is 0 Å². The number of carbonyl (C=O) groups is 1. The summed E-state index contributed by atoms with van der Waals surface area (Å²) >= 11 is 0. The van der Waals surface area contributed by atoms with Crippen molar-refractivity contribution >= 4 is 5.78 Å². The van der Waals surface area contributed by atoms with Gasteiger partial charge in [-0.05, 0) is 113 Å². The Balaban J connectivity index is 1.32. The summed E-state index contributed by atoms with van der Waals surface area (Å²) in [4.78, 5) is 13.3. The van der Waals surface area contributed by atoms with E-state index in [2.05, 4.69) is 12.0 Å². The first-order valence-electron chi connectivity index (χ1n) is 12.0. The summed E-state index contributed by atoms with van der Waals surface area (Å²) in [6, 6.07) is 1.98. The molecule has 8 atom stereocenters. The predicted octanol–water partition coefficient (Wildman–Crippen LogP) is 4.78. The van der Waals surface area contributed by atoms with E-state index in [1.807, 2.05) is 24.6 Å². The van der Waals surface area contributed by atoms with E-state index in [0.29, 0.717) is 12.3 Å². The molecule has 4 aliphatic rings. The van der Waals surface area contributed by atoms with Crippen LogP contribution in [0.25, 0.3) is 0 Å². The second-order valence-electron chi connectivity index (χ2n) is 11.4. The van der Waals surface area contributed by atoms with Gasteiger partial charge in [-0.15, -0.1) is 0 Å². The molecule has 0 radical (unpaired) electrons. The number of aryl methyl sites for hydroxylation is 1. The molecule has 0 saturated heterocycles. The number of aliphatic hydroxyl groups is 1. The highest BCUT2D eigenvalue weighted by atomic mass is 16.3. The largest absolute Gasteiger partial charge is 0.390 e. The highest BCUT2D eigenvalue weighted by Gasteiger charge is 2.58. The van der Waals surface area contributed by atoms with Crippen molar-refractivity contribution < 1.29 is 9.90 Å². The average Bonchev–Trinajstić information content (AvgIpc) is 3.23. The van der Waals surface area contributed by atoms with Gasteiger partial charge in [0.15, 0.2) is 5.78 Å². The first kappa shape index (κ1) is 19.8. The van der Waals surface area contributed by atoms with Crippen molar-refractivity contribution in [2.45, 2.75) is 90.7 Å². The molecule has 1 N–H and O–H groups in total. The highest BCUT2D eigenvalue weighted by molar-refractivity contribution is 5.82. The SMILES string of the molecule is Cc1ccnn1CC(=O)[C@H]1CC[C@H]2[C@@H]3CC[C@H]4C[C@](C)(O)CC[C@@H]4[C@H]3CC[C@]12C. The lowest BCUT2D eigenvalue weighted by atomic mass is 9.49. The Morgan fingerprint density at radius 3 is 2.66 bits per heavy atom. The van der Waals surface area contributed by atoms with Crippen molar-refractivity contribution in [1.29, 1.82) is 0 Å². The second kappa shape index (κ2) is 6.93. The summed E-state index contributed by atoms with van der Waals surface area (Å²) in [5.41, 5.74) is 0.826. The van der Waals surface area contributed by atoms with Gasteiger partial charge in [0.05, 0.1) is 5.60 Å². The van der Waals surface area contributed by atoms with Gasteiger partial charge in [-0.25, -0.2) is 0 Å². The molecule has 0 bridgehead atoms. The van der Waals surface area contributed by atoms with Crippen LogP contribution < -0.4 is 0 Å². The number of Topliss-reactive ketones (excluding diaryl/α,β-unsaturated/α-hetero) is 1. The number of aromatic nitrogens is 2. The fourth-order valence-electron chi connectivity index (χ4n) is 8.43. The highest BCUT2D eigenvalue weighted by Crippen LogP contribution is 2.64. The van der Waals surface area contributed by atoms with Crippen LogP contribution in [0.3, 0.4) is 0 Å². The zero-order valence-electron chi connectivity index (χ0n) is 18.4. The number of hydrogen-bond acceptors (Lipinski definition) is 3. The normalized spacial score (nSPS) is 46.6. The molecule has 4 aliphatic carbocycles. The van der Waals surface area contributed by atoms with Crippen molar-refractivity contribution in [2.24, 2.45) is 40.9 Å². The minimum absolute atomic E-state index is 0.187. The van der Waals surface area contributed by atoms with Crippen molar-refractivity contribution in [1.82, 2.24) is 9.78 Å². The Bertz CT molecular complexity index is 784. The number of ketones is 1. The first-order chi connectivity index (χ1) is 13.8. The third-order valence-electron chi connectivity index (χ3n) is 9.86. The Labute approximate surface area is 175 Å². The molecular weight excluding hydrogens is 360 g/mol. The van der Waals surface area contributed by atoms with E-state index in [1.165, 1.54) is 38.5 Å². The van der Waals surface area contributed by atoms with Gasteiger partial charge in [-0.2, -0.15) is 5.10 Å². The topological polar surface area (TPSA) is 55.1 Å². The Hall–Kier alpha value is -1.16. The summed E-state index contributed by atoms with van der Waals surface area (Å²) < 4.78 is 1.88. The van der Waals surface area contributed by atoms with E-state index in [-0.39, 0.29) is 11.3 Å². The molecule has 0 amide bonds. The molecule has 4 fully saturated rings. The maximum Gasteiger partial charge on any atom is 0.157 e. The minimum atomic E-state index is -0.438. The standard InChI is InChI=1S/C25H38N2O2/c1-16-10-13-26-27(16)15-23(28)22-7-6-21-20-5-4-17-14-24(2,29)11-8-18(17)19(20)9-12-25(21,22)3/h10,13,17-22,29H,4-9,11-12,14-15H2,1-3H3/t17-,18-,19+,20+,21-,22+,24+,25-/m0/s1. The van der Waals surface area contributed by atoms with E-state index in [0.717, 1.165) is 54.5 Å². The van der Waals surface area contributed by atoms with Crippen molar-refractivity contribution in [3.05, 3.63) is 18.0 Å². The van der Waals surface area contributed by atoms with E-state index in [1.54, 1.807) is 6.20 Å². The van der Waals surface area contributed by atoms with Gasteiger partial charge in [0.25, 0.3) is 0 Å². The second-order valence-corrected chi connectivity index (χ2v) is 11.4. The Morgan fingerprint density at radius 2 is 1.90 bits per heavy atom. The zero-order valence-corrected chi connectivity index (χ0v) is 18.4. The van der Waals surface area contributed by atoms with Crippen LogP contribution in [0.4, 0.5) is 0 Å². The third kappa shape index (κ3) is 3.21. The first-order valence-corrected chi connectivity index (χ1v) is 12.0. The summed E-state index contributed by atoms with van der Waals surface area (Å²) in [7, 11) is 0. The predicted molar refractivity (Wildman–Crippen MR) is 113 cm³/mol. The Morgan fingerprint density at radius 1 is 1.10 bits per heavy atom. The van der Waals surface area contributed by atoms with Crippen LogP contribution in [0.15, 0.2) is 12.3 Å². The van der Waals surface area contributed by atoms with Crippen LogP contribution in [-0.2, 0) is 11.3 Å². The fourth-order valence-corrected chi connectivity index (χ4v) is 8.43. The summed E-state index contributed by atoms with van der Waals surface area (Å²) in [6.07, 6.45) is 12.4. The molecular formula is C25H38N2O2. The smallest absolute Gasteiger partial charge is 0.157 e. The average molecular weight is 399 g/mol. The van der Waals surface area contributed by atoms with Crippen molar-refractivity contribution in [3.63, 3.8) is 0 Å². The van der Waals surface area contributed by atoms with Gasteiger partial charge in [0.1, 0.15) is 6.54 Å². The minimum Gasteiger partial charge on any atom is -0.390 e. The summed E-state index contributed by atoms with van der Waals surface area (Å²) in [5, 5.41) is 14.9. The lowest BCUT2D eigenvalue weighted by Crippen LogP contribution is -2.51. The van der Waals surface area contributed by atoms with Crippen molar-refractivity contribution in [3.8, 4) is 0 Å². The Kier molecular flexibility index (Phi) is 4.73. The monoisotopic (exact) mass is 398 g/mol. The lowest BCUT2D eigenvalue weighted by Gasteiger charge is -2.56. The molecule has 4 nitrogen and oxygen atoms in total. The lowest BCUT2D eigenvalue weighted by molar-refractivity contribution is -0.133. The number of fused-ring (bicyclic) bond motifs is 5. The van der Waals surface area contributed by atoms with E-state index >= 15 is 0 Å². The van der Waals surface area contributed by atoms with Gasteiger partial charge < -0.3 is 5.11 Å². The van der Waals surface area contributed by atoms with Crippen LogP contribution in [0, 0.1) is 47.8 Å². The molecule has 160 valence electrons. The van der Waals surface area contributed by atoms with Crippen LogP contribution in [0.1, 0.15) is 77.3 Å². The molecule has 0 aromatic carbocycles. The summed E-state index contributed by atoms with van der Waals surface area (Å²) in [5.74, 6) is 4.53. The molecule has 0 spiro atoms. The molecule has 29 heavy (non-hydrogen) atoms. The molecule has 5 rings (SSSR count). The quantitative estimate of drug-likeness (QED) is 0.797. The van der Waals surface area contributed by atoms with Crippen LogP contribution >= 0.6 is 0 Å². The van der Waals surface area contributed by atoms with Crippen molar-refractivity contribution in [2.75, 3.05) is 0 Å². The van der Waals surface area contributed by atoms with Crippen LogP contribution in [-0.4, -0.2) is 26.3 Å². The maximum absolute atomic E-state index is 13.3. The fraction of sp³-hybridized carbons (Fsp3) is 0.840. The zero-order chi connectivity index (χ0) is 20.4. The maximum atomic E-state index is 13.3. The van der Waals surface area contributed by atoms with E-state index in [9.17, 15) is 9.90 Å². The van der Waals surface area contributed by atoms with Gasteiger partial charge in [-0.1, -0.05) is 6.92 Å². The third-order valence-corrected chi connectivity index (χ3v) is 9.86. The van der Waals surface area contributed by atoms with Crippen LogP contribution in [0.2, 0.25) is 0 Å². The van der Waals surface area contributed by atoms with E-state index in [4.69, 9.17) is 0 Å². The molecule has 1 heterocycles. The summed E-state index contributed by atoms with van der Waals surface area (Å²) in [6.45, 7) is 6.96. The molecule has 1 aromatic heterocycles. The molecule has 0 aliphatic heterocycles. The number of carbonyl (C=O) groups excluding carboxylic acids is 1. The van der Waals surface area contributed by atoms with Gasteiger partial charge in [0, 0.05) is 17.8 Å². The number of nitrogens with zero attached hydrogens (tertiary/aromatic N) is 2. The number of hydrogen-bond donors (Lipinski definition) is 1.